The first-order chi connectivity index (χ1) is 8.54. The predicted molar refractivity (Wildman–Crippen MR) is 115 cm³/mol. The maximum Gasteiger partial charge on any atom is 0.522 e. The van der Waals surface area contributed by atoms with Gasteiger partial charge in [0.05, 0.1) is 13.8 Å². The minimum absolute atomic E-state index is 0. The third kappa shape index (κ3) is 278. The van der Waals surface area contributed by atoms with Crippen molar-refractivity contribution in [1.82, 2.24) is 0 Å². The van der Waals surface area contributed by atoms with Gasteiger partial charge in [0, 0.05) is 0 Å². The quantitative estimate of drug-likeness (QED) is 0.395. The van der Waals surface area contributed by atoms with Crippen molar-refractivity contribution in [3.05, 3.63) is 0 Å². The first kappa shape index (κ1) is 92.2. The van der Waals surface area contributed by atoms with E-state index in [2.05, 4.69) is 9.47 Å². The fraction of sp³-hybridized carbons (Fsp3) is 1.00. The van der Waals surface area contributed by atoms with E-state index in [4.69, 9.17) is 0 Å². The van der Waals surface area contributed by atoms with Crippen LogP contribution in [0.2, 0.25) is 0 Å². The first-order valence-electron chi connectivity index (χ1n) is 4.63. The van der Waals surface area contributed by atoms with Crippen LogP contribution < -0.4 is 0 Å². The Kier molecular flexibility index (Phi) is 209. The highest BCUT2D eigenvalue weighted by atomic mass is 19.4. The largest absolute Gasteiger partial charge is 0.522 e. The lowest BCUT2D eigenvalue weighted by atomic mass is 10.4. The molecule has 0 amide bonds. The summed E-state index contributed by atoms with van der Waals surface area (Å²) in [5.74, 6) is -1.82. The molecule has 2 nitrogen and oxygen atoms in total. The lowest BCUT2D eigenvalue weighted by Crippen LogP contribution is -2.15. The molecule has 0 bridgehead atoms. The van der Waals surface area contributed by atoms with Gasteiger partial charge in [-0.25, -0.2) is 17.6 Å². The highest BCUT2D eigenvalue weighted by molar-refractivity contribution is 4.44. The molecule has 0 aliphatic carbocycles. The fourth-order valence-electron chi connectivity index (χ4n) is 0.293. The Labute approximate surface area is 173 Å². The molecule has 0 aliphatic rings. The molecule has 0 N–H and O–H groups in total. The van der Waals surface area contributed by atoms with Crippen LogP contribution in [0.5, 0.6) is 0 Å². The summed E-state index contributed by atoms with van der Waals surface area (Å²) in [5.41, 5.74) is 0. The van der Waals surface area contributed by atoms with Crippen molar-refractivity contribution < 1.29 is 44.6 Å². The van der Waals surface area contributed by atoms with Crippen LogP contribution >= 0.6 is 0 Å². The zero-order valence-corrected chi connectivity index (χ0v) is 11.0. The molecule has 0 aromatic heterocycles. The molecule has 0 saturated heterocycles. The summed E-state index contributed by atoms with van der Waals surface area (Å²) in [6, 6.07) is 0. The second-order valence-electron chi connectivity index (χ2n) is 2.60. The van der Waals surface area contributed by atoms with Crippen molar-refractivity contribution in [1.29, 1.82) is 0 Å². The van der Waals surface area contributed by atoms with E-state index in [0.717, 1.165) is 13.8 Å². The van der Waals surface area contributed by atoms with Crippen molar-refractivity contribution in [2.24, 2.45) is 0 Å². The lowest BCUT2D eigenvalue weighted by Gasteiger charge is -2.10. The Morgan fingerprint density at radius 2 is 0.821 bits per heavy atom. The van der Waals surface area contributed by atoms with Gasteiger partial charge in [-0.15, -0.1) is 13.2 Å². The fourth-order valence-corrected chi connectivity index (χ4v) is 0.293. The molecule has 0 heterocycles. The second-order valence-corrected chi connectivity index (χ2v) is 2.60. The van der Waals surface area contributed by atoms with Crippen LogP contribution in [0.25, 0.3) is 0 Å². The molecule has 0 radical (unpaired) electrons. The Morgan fingerprint density at radius 3 is 0.821 bits per heavy atom. The number of hydrogen-bond acceptors (Lipinski definition) is 2. The molecule has 0 fully saturated rings. The number of ether oxygens (including phenoxy) is 2. The van der Waals surface area contributed by atoms with Gasteiger partial charge < -0.3 is 4.74 Å². The van der Waals surface area contributed by atoms with Gasteiger partial charge in [0.15, 0.2) is 6.86 Å². The second kappa shape index (κ2) is 63.3. The zero-order chi connectivity index (χ0) is 16.5. The zero-order valence-electron chi connectivity index (χ0n) is 11.0. The third-order valence-corrected chi connectivity index (χ3v) is 0.706. The van der Waals surface area contributed by atoms with E-state index < -0.39 is 26.0 Å². The molecule has 10 heteroatoms. The number of halogens is 8. The molecular formula is C18H54F8O2. The molecule has 0 unspecified atom stereocenters. The molecule has 0 spiro atoms. The average molecular weight is 455 g/mol. The van der Waals surface area contributed by atoms with E-state index in [0.29, 0.717) is 7.18 Å². The standard InChI is InChI=1S/C4H8F2O.C3H5F3O.CH2F2.CH3F.9CH4/c1-4(2,6)7-3-5;1-2-7-3(4,5)6;2-1-3;1-2;;;;;;;;;/h3H2,1-2H3;2H2,1H3;1H2;1H3;9*1H4. The summed E-state index contributed by atoms with van der Waals surface area (Å²) in [5, 5.41) is 0. The Balaban J connectivity index is -0.00000000941. The van der Waals surface area contributed by atoms with E-state index in [1.807, 2.05) is 0 Å². The van der Waals surface area contributed by atoms with E-state index in [9.17, 15) is 35.1 Å². The van der Waals surface area contributed by atoms with Crippen LogP contribution in [0.15, 0.2) is 0 Å². The van der Waals surface area contributed by atoms with Crippen LogP contribution in [0.4, 0.5) is 35.1 Å². The van der Waals surface area contributed by atoms with Crippen molar-refractivity contribution in [3.8, 4) is 0 Å². The minimum atomic E-state index is -4.45. The van der Waals surface area contributed by atoms with Gasteiger partial charge in [-0.05, 0) is 20.8 Å². The topological polar surface area (TPSA) is 18.5 Å². The van der Waals surface area contributed by atoms with Gasteiger partial charge in [0.25, 0.3) is 0 Å². The van der Waals surface area contributed by atoms with Crippen LogP contribution in [0.3, 0.4) is 0 Å². The van der Waals surface area contributed by atoms with Gasteiger partial charge in [-0.2, -0.15) is 0 Å². The molecule has 194 valence electrons. The molecule has 0 aromatic rings. The van der Waals surface area contributed by atoms with E-state index in [-0.39, 0.29) is 73.4 Å². The predicted octanol–water partition coefficient (Wildman–Crippen LogP) is 10.4. The van der Waals surface area contributed by atoms with Crippen molar-refractivity contribution >= 4 is 0 Å². The van der Waals surface area contributed by atoms with Crippen LogP contribution in [0.1, 0.15) is 87.6 Å². The molecule has 28 heavy (non-hydrogen) atoms. The Bertz CT molecular complexity index is 138. The van der Waals surface area contributed by atoms with E-state index in [1.54, 1.807) is 0 Å². The Morgan fingerprint density at radius 1 is 0.607 bits per heavy atom. The van der Waals surface area contributed by atoms with Crippen molar-refractivity contribution in [3.63, 3.8) is 0 Å². The van der Waals surface area contributed by atoms with Crippen LogP contribution in [-0.2, 0) is 9.47 Å². The normalized spacial score (nSPS) is 6.86. The summed E-state index contributed by atoms with van der Waals surface area (Å²) in [4.78, 5) is 0. The summed E-state index contributed by atoms with van der Waals surface area (Å²) in [6.45, 7) is 0.444. The van der Waals surface area contributed by atoms with Gasteiger partial charge in [0.2, 0.25) is 12.8 Å². The van der Waals surface area contributed by atoms with E-state index >= 15 is 0 Å². The number of rotatable bonds is 3. The molecule has 0 aliphatic heterocycles. The Hall–Kier alpha value is -0.640. The van der Waals surface area contributed by atoms with Crippen LogP contribution in [-0.4, -0.2) is 39.8 Å². The monoisotopic (exact) mass is 454 g/mol. The summed E-state index contributed by atoms with van der Waals surface area (Å²) in [6.07, 6.45) is -4.45. The smallest absolute Gasteiger partial charge is 0.315 e. The average Bonchev–Trinajstić information content (AvgIpc) is 2.19. The van der Waals surface area contributed by atoms with Gasteiger partial charge in [-0.3, -0.25) is 9.13 Å². The highest BCUT2D eigenvalue weighted by Gasteiger charge is 2.27. The van der Waals surface area contributed by atoms with E-state index in [1.165, 1.54) is 6.92 Å². The van der Waals surface area contributed by atoms with Crippen LogP contribution in [0, 0.1) is 0 Å². The van der Waals surface area contributed by atoms with Gasteiger partial charge in [-0.1, -0.05) is 66.8 Å². The number of alkyl halides is 8. The summed E-state index contributed by atoms with van der Waals surface area (Å²) < 4.78 is 91.3. The summed E-state index contributed by atoms with van der Waals surface area (Å²) in [7, 11) is 0.500. The number of hydrogen-bond donors (Lipinski definition) is 0. The lowest BCUT2D eigenvalue weighted by molar-refractivity contribution is -0.322. The SMILES string of the molecule is C.C.C.C.C.C.C.C.C.CC(C)(F)OCF.CCOC(F)(F)F.CF.FCF. The molecule has 0 atom stereocenters. The molecule has 0 aromatic carbocycles. The minimum Gasteiger partial charge on any atom is -0.315 e. The molecule has 0 saturated carbocycles. The van der Waals surface area contributed by atoms with Gasteiger partial charge in [0.1, 0.15) is 0 Å². The molecule has 0 rings (SSSR count). The maximum absolute atomic E-state index is 11.9. The van der Waals surface area contributed by atoms with Crippen molar-refractivity contribution in [2.75, 3.05) is 27.6 Å². The first-order valence-corrected chi connectivity index (χ1v) is 4.63. The third-order valence-electron chi connectivity index (χ3n) is 0.706. The summed E-state index contributed by atoms with van der Waals surface area (Å²) >= 11 is 0. The molecular weight excluding hydrogens is 400 g/mol. The van der Waals surface area contributed by atoms with Crippen molar-refractivity contribution in [2.45, 2.75) is 99.8 Å². The van der Waals surface area contributed by atoms with Gasteiger partial charge >= 0.3 is 6.36 Å². The maximum atomic E-state index is 11.9. The highest BCUT2D eigenvalue weighted by Crippen LogP contribution is 2.14.